The van der Waals surface area contributed by atoms with Crippen LogP contribution in [0.4, 0.5) is 0 Å². The van der Waals surface area contributed by atoms with E-state index in [1.165, 1.54) is 24.0 Å². The van der Waals surface area contributed by atoms with Gasteiger partial charge in [0.2, 0.25) is 0 Å². The molecule has 0 spiro atoms. The maximum absolute atomic E-state index is 5.76. The maximum atomic E-state index is 5.76. The number of nitrogens with zero attached hydrogens (tertiary/aromatic N) is 1. The zero-order valence-corrected chi connectivity index (χ0v) is 12.3. The van der Waals surface area contributed by atoms with E-state index in [1.54, 1.807) is 0 Å². The predicted octanol–water partition coefficient (Wildman–Crippen LogP) is 3.09. The predicted molar refractivity (Wildman–Crippen MR) is 83.9 cm³/mol. The second-order valence-corrected chi connectivity index (χ2v) is 5.60. The van der Waals surface area contributed by atoms with E-state index in [4.69, 9.17) is 4.74 Å². The minimum absolute atomic E-state index is 0.671. The summed E-state index contributed by atoms with van der Waals surface area (Å²) < 4.78 is 5.76. The van der Waals surface area contributed by atoms with Crippen molar-refractivity contribution in [1.29, 1.82) is 0 Å². The first-order valence-electron chi connectivity index (χ1n) is 7.69. The van der Waals surface area contributed by atoms with Crippen LogP contribution in [0.5, 0.6) is 0 Å². The monoisotopic (exact) mass is 282 g/mol. The summed E-state index contributed by atoms with van der Waals surface area (Å²) in [6.45, 7) is 2.35. The van der Waals surface area contributed by atoms with Gasteiger partial charge >= 0.3 is 0 Å². The molecule has 1 heterocycles. The van der Waals surface area contributed by atoms with Crippen LogP contribution in [0.25, 0.3) is 0 Å². The van der Waals surface area contributed by atoms with Crippen molar-refractivity contribution in [1.82, 2.24) is 10.3 Å². The summed E-state index contributed by atoms with van der Waals surface area (Å²) in [7, 11) is 0. The molecule has 110 valence electrons. The summed E-state index contributed by atoms with van der Waals surface area (Å²) >= 11 is 0. The lowest BCUT2D eigenvalue weighted by atomic mass is 10.1. The van der Waals surface area contributed by atoms with Crippen LogP contribution in [0.1, 0.15) is 29.7 Å². The summed E-state index contributed by atoms with van der Waals surface area (Å²) in [5.74, 6) is 0. The molecular weight excluding hydrogens is 260 g/mol. The fourth-order valence-corrected chi connectivity index (χ4v) is 2.29. The van der Waals surface area contributed by atoms with E-state index in [2.05, 4.69) is 34.6 Å². The molecule has 0 bridgehead atoms. The summed E-state index contributed by atoms with van der Waals surface area (Å²) in [6, 6.07) is 15.4. The number of benzene rings is 1. The molecule has 1 N–H and O–H groups in total. The number of ether oxygens (including phenoxy) is 1. The largest absolute Gasteiger partial charge is 0.376 e. The third-order valence-corrected chi connectivity index (χ3v) is 3.66. The van der Waals surface area contributed by atoms with Crippen molar-refractivity contribution in [2.45, 2.75) is 38.5 Å². The van der Waals surface area contributed by atoms with Gasteiger partial charge in [-0.15, -0.1) is 0 Å². The number of hydrogen-bond acceptors (Lipinski definition) is 3. The molecule has 3 heteroatoms. The number of rotatable bonds is 8. The lowest BCUT2D eigenvalue weighted by molar-refractivity contribution is 0.123. The maximum Gasteiger partial charge on any atom is 0.0717 e. The molecule has 1 saturated carbocycles. The molecule has 0 saturated heterocycles. The first kappa shape index (κ1) is 14.2. The molecule has 1 aliphatic rings. The van der Waals surface area contributed by atoms with Crippen LogP contribution in [-0.2, 0) is 24.3 Å². The molecule has 3 rings (SSSR count). The van der Waals surface area contributed by atoms with E-state index in [1.807, 2.05) is 24.4 Å². The fraction of sp³-hybridized carbons (Fsp3) is 0.389. The SMILES string of the molecule is c1ccc(CCOCc2cccc(CNC3CC3)c2)nc1. The molecule has 0 atom stereocenters. The molecule has 1 aromatic heterocycles. The highest BCUT2D eigenvalue weighted by Crippen LogP contribution is 2.19. The Balaban J connectivity index is 1.41. The van der Waals surface area contributed by atoms with Gasteiger partial charge in [-0.25, -0.2) is 0 Å². The normalized spacial score (nSPS) is 14.3. The highest BCUT2D eigenvalue weighted by molar-refractivity contribution is 5.23. The highest BCUT2D eigenvalue weighted by Gasteiger charge is 2.19. The topological polar surface area (TPSA) is 34.1 Å². The molecule has 0 unspecified atom stereocenters. The molecule has 0 radical (unpaired) electrons. The van der Waals surface area contributed by atoms with Crippen molar-refractivity contribution >= 4 is 0 Å². The fourth-order valence-electron chi connectivity index (χ4n) is 2.29. The molecule has 1 fully saturated rings. The Morgan fingerprint density at radius 2 is 2.00 bits per heavy atom. The van der Waals surface area contributed by atoms with Gasteiger partial charge in [0.25, 0.3) is 0 Å². The summed E-state index contributed by atoms with van der Waals surface area (Å²) in [6.07, 6.45) is 5.35. The van der Waals surface area contributed by atoms with Crippen LogP contribution in [0.2, 0.25) is 0 Å². The van der Waals surface area contributed by atoms with Gasteiger partial charge in [-0.3, -0.25) is 4.98 Å². The van der Waals surface area contributed by atoms with Crippen LogP contribution < -0.4 is 5.32 Å². The minimum atomic E-state index is 0.671. The molecule has 1 aromatic carbocycles. The summed E-state index contributed by atoms with van der Waals surface area (Å²) in [4.78, 5) is 4.30. The van der Waals surface area contributed by atoms with Gasteiger partial charge in [-0.2, -0.15) is 0 Å². The van der Waals surface area contributed by atoms with Gasteiger partial charge in [0.05, 0.1) is 13.2 Å². The van der Waals surface area contributed by atoms with E-state index in [9.17, 15) is 0 Å². The van der Waals surface area contributed by atoms with Crippen molar-refractivity contribution < 1.29 is 4.74 Å². The molecule has 2 aromatic rings. The molecule has 0 aliphatic heterocycles. The number of pyridine rings is 1. The Bertz CT molecular complexity index is 552. The van der Waals surface area contributed by atoms with Crippen molar-refractivity contribution in [2.75, 3.05) is 6.61 Å². The van der Waals surface area contributed by atoms with Crippen LogP contribution in [0, 0.1) is 0 Å². The third kappa shape index (κ3) is 4.96. The molecule has 3 nitrogen and oxygen atoms in total. The molecule has 21 heavy (non-hydrogen) atoms. The summed E-state index contributed by atoms with van der Waals surface area (Å²) in [5.41, 5.74) is 3.67. The van der Waals surface area contributed by atoms with Crippen LogP contribution in [0.3, 0.4) is 0 Å². The highest BCUT2D eigenvalue weighted by atomic mass is 16.5. The zero-order chi connectivity index (χ0) is 14.3. The van der Waals surface area contributed by atoms with Gasteiger partial charge in [0.1, 0.15) is 0 Å². The van der Waals surface area contributed by atoms with E-state index < -0.39 is 0 Å². The van der Waals surface area contributed by atoms with E-state index >= 15 is 0 Å². The Hall–Kier alpha value is -1.71. The van der Waals surface area contributed by atoms with Crippen molar-refractivity contribution in [3.05, 3.63) is 65.5 Å². The van der Waals surface area contributed by atoms with Crippen molar-refractivity contribution in [3.8, 4) is 0 Å². The first-order valence-corrected chi connectivity index (χ1v) is 7.69. The van der Waals surface area contributed by atoms with Crippen LogP contribution in [0.15, 0.2) is 48.7 Å². The summed E-state index contributed by atoms with van der Waals surface area (Å²) in [5, 5.41) is 3.54. The Morgan fingerprint density at radius 3 is 2.81 bits per heavy atom. The van der Waals surface area contributed by atoms with Crippen LogP contribution >= 0.6 is 0 Å². The average Bonchev–Trinajstić information content (AvgIpc) is 3.35. The van der Waals surface area contributed by atoms with E-state index in [0.717, 1.165) is 24.7 Å². The number of nitrogens with one attached hydrogen (secondary N) is 1. The van der Waals surface area contributed by atoms with E-state index in [0.29, 0.717) is 13.2 Å². The van der Waals surface area contributed by atoms with Gasteiger partial charge in [0.15, 0.2) is 0 Å². The van der Waals surface area contributed by atoms with Gasteiger partial charge in [0, 0.05) is 30.9 Å². The molecule has 1 aliphatic carbocycles. The Kier molecular flexibility index (Phi) is 4.98. The van der Waals surface area contributed by atoms with Crippen LogP contribution in [-0.4, -0.2) is 17.6 Å². The van der Waals surface area contributed by atoms with Crippen molar-refractivity contribution in [2.24, 2.45) is 0 Å². The quantitative estimate of drug-likeness (QED) is 0.756. The van der Waals surface area contributed by atoms with Gasteiger partial charge < -0.3 is 10.1 Å². The zero-order valence-electron chi connectivity index (χ0n) is 12.3. The van der Waals surface area contributed by atoms with Gasteiger partial charge in [-0.05, 0) is 36.1 Å². The smallest absolute Gasteiger partial charge is 0.0717 e. The standard InChI is InChI=1S/C18H22N2O/c1-2-10-19-17(6-1)9-11-21-14-16-5-3-4-15(12-16)13-20-18-7-8-18/h1-6,10,12,18,20H,7-9,11,13-14H2. The lowest BCUT2D eigenvalue weighted by Gasteiger charge is -2.07. The average molecular weight is 282 g/mol. The second-order valence-electron chi connectivity index (χ2n) is 5.60. The molecular formula is C18H22N2O. The Labute approximate surface area is 126 Å². The minimum Gasteiger partial charge on any atom is -0.376 e. The third-order valence-electron chi connectivity index (χ3n) is 3.66. The van der Waals surface area contributed by atoms with Gasteiger partial charge in [-0.1, -0.05) is 30.3 Å². The Morgan fingerprint density at radius 1 is 1.10 bits per heavy atom. The molecule has 0 amide bonds. The number of hydrogen-bond donors (Lipinski definition) is 1. The van der Waals surface area contributed by atoms with Crippen molar-refractivity contribution in [3.63, 3.8) is 0 Å². The number of aromatic nitrogens is 1. The second kappa shape index (κ2) is 7.34. The lowest BCUT2D eigenvalue weighted by Crippen LogP contribution is -2.15. The van der Waals surface area contributed by atoms with E-state index in [-0.39, 0.29) is 0 Å². The first-order chi connectivity index (χ1) is 10.4.